The summed E-state index contributed by atoms with van der Waals surface area (Å²) in [5.74, 6) is 0.326. The van der Waals surface area contributed by atoms with E-state index in [1.807, 2.05) is 32.0 Å². The number of nitrogens with zero attached hydrogens (tertiary/aromatic N) is 4. The third-order valence-corrected chi connectivity index (χ3v) is 5.47. The third kappa shape index (κ3) is 6.75. The summed E-state index contributed by atoms with van der Waals surface area (Å²) in [6.45, 7) is 5.78. The van der Waals surface area contributed by atoms with Gasteiger partial charge in [0.2, 0.25) is 0 Å². The van der Waals surface area contributed by atoms with Gasteiger partial charge in [0.25, 0.3) is 0 Å². The number of hydrogen-bond acceptors (Lipinski definition) is 6. The predicted molar refractivity (Wildman–Crippen MR) is 136 cm³/mol. The van der Waals surface area contributed by atoms with Crippen LogP contribution in [0.15, 0.2) is 84.3 Å². The third-order valence-electron chi connectivity index (χ3n) is 5.47. The van der Waals surface area contributed by atoms with Crippen LogP contribution in [0.5, 0.6) is 5.75 Å². The Morgan fingerprint density at radius 1 is 1.00 bits per heavy atom. The molecule has 0 bridgehead atoms. The second kappa shape index (κ2) is 11.2. The SMILES string of the molecule is C/C(=N\OC(=O)Nc1ccccc1C(C)C)c1ccc(-c2ncn(-c3ccc(OC(F)(F)F)cc3)n2)cc1. The molecule has 0 spiro atoms. The second-order valence-electron chi connectivity index (χ2n) is 8.55. The molecule has 0 radical (unpaired) electrons. The summed E-state index contributed by atoms with van der Waals surface area (Å²) in [6, 6.07) is 19.9. The standard InChI is InChI=1S/C27H24F3N5O3/c1-17(2)23-6-4-5-7-24(23)32-26(36)38-34-18(3)19-8-10-20(11-9-19)25-31-16-35(33-25)21-12-14-22(15-13-21)37-27(28,29)30/h4-17H,1-3H3,(H,32,36)/b34-18+. The summed E-state index contributed by atoms with van der Waals surface area (Å²) < 4.78 is 42.4. The van der Waals surface area contributed by atoms with E-state index in [4.69, 9.17) is 4.84 Å². The van der Waals surface area contributed by atoms with E-state index in [-0.39, 0.29) is 11.7 Å². The van der Waals surface area contributed by atoms with Crippen molar-refractivity contribution in [2.45, 2.75) is 33.1 Å². The van der Waals surface area contributed by atoms with Crippen molar-refractivity contribution < 1.29 is 27.5 Å². The van der Waals surface area contributed by atoms with E-state index in [1.165, 1.54) is 35.3 Å². The van der Waals surface area contributed by atoms with E-state index in [1.54, 1.807) is 37.3 Å². The molecule has 0 aliphatic carbocycles. The molecule has 0 unspecified atom stereocenters. The van der Waals surface area contributed by atoms with Gasteiger partial charge in [0.1, 0.15) is 12.1 Å². The number of para-hydroxylation sites is 1. The molecule has 0 aliphatic heterocycles. The number of ether oxygens (including phenoxy) is 1. The Bertz CT molecular complexity index is 1430. The number of halogens is 3. The number of amides is 1. The summed E-state index contributed by atoms with van der Waals surface area (Å²) in [5.41, 5.74) is 4.10. The number of benzene rings is 3. The lowest BCUT2D eigenvalue weighted by atomic mass is 10.0. The molecule has 0 saturated carbocycles. The number of aromatic nitrogens is 3. The Kier molecular flexibility index (Phi) is 7.75. The zero-order chi connectivity index (χ0) is 27.3. The maximum atomic E-state index is 12.3. The van der Waals surface area contributed by atoms with Crippen LogP contribution < -0.4 is 10.1 Å². The lowest BCUT2D eigenvalue weighted by molar-refractivity contribution is -0.274. The average molecular weight is 524 g/mol. The van der Waals surface area contributed by atoms with Gasteiger partial charge < -0.3 is 4.74 Å². The summed E-state index contributed by atoms with van der Waals surface area (Å²) in [4.78, 5) is 21.6. The molecular weight excluding hydrogens is 499 g/mol. The largest absolute Gasteiger partial charge is 0.573 e. The highest BCUT2D eigenvalue weighted by molar-refractivity contribution is 5.99. The van der Waals surface area contributed by atoms with Crippen molar-refractivity contribution in [3.05, 3.63) is 90.3 Å². The lowest BCUT2D eigenvalue weighted by Crippen LogP contribution is -2.17. The zero-order valence-electron chi connectivity index (χ0n) is 20.7. The molecule has 3 aromatic carbocycles. The Balaban J connectivity index is 1.39. The monoisotopic (exact) mass is 523 g/mol. The Morgan fingerprint density at radius 2 is 1.68 bits per heavy atom. The molecule has 4 rings (SSSR count). The number of oxime groups is 1. The maximum absolute atomic E-state index is 12.3. The minimum absolute atomic E-state index is 0.231. The van der Waals surface area contributed by atoms with Crippen molar-refractivity contribution in [2.24, 2.45) is 5.16 Å². The quantitative estimate of drug-likeness (QED) is 0.161. The number of nitrogens with one attached hydrogen (secondary N) is 1. The molecule has 1 heterocycles. The lowest BCUT2D eigenvalue weighted by Gasteiger charge is -2.12. The topological polar surface area (TPSA) is 90.6 Å². The maximum Gasteiger partial charge on any atom is 0.573 e. The number of carbonyl (C=O) groups excluding carboxylic acids is 1. The van der Waals surface area contributed by atoms with Crippen LogP contribution in [-0.2, 0) is 4.84 Å². The molecule has 38 heavy (non-hydrogen) atoms. The number of carbonyl (C=O) groups is 1. The highest BCUT2D eigenvalue weighted by Gasteiger charge is 2.31. The first kappa shape index (κ1) is 26.4. The fraction of sp³-hybridized carbons (Fsp3) is 0.185. The van der Waals surface area contributed by atoms with Crippen LogP contribution in [-0.4, -0.2) is 32.9 Å². The number of anilines is 1. The van der Waals surface area contributed by atoms with Gasteiger partial charge in [-0.3, -0.25) is 10.2 Å². The van der Waals surface area contributed by atoms with Gasteiger partial charge in [-0.1, -0.05) is 61.5 Å². The summed E-state index contributed by atoms with van der Waals surface area (Å²) in [5, 5.41) is 11.0. The minimum atomic E-state index is -4.75. The van der Waals surface area contributed by atoms with E-state index in [2.05, 4.69) is 25.3 Å². The zero-order valence-corrected chi connectivity index (χ0v) is 20.7. The highest BCUT2D eigenvalue weighted by atomic mass is 19.4. The van der Waals surface area contributed by atoms with Gasteiger partial charge in [0, 0.05) is 11.3 Å². The first-order valence-corrected chi connectivity index (χ1v) is 11.6. The first-order valence-electron chi connectivity index (χ1n) is 11.6. The van der Waals surface area contributed by atoms with Gasteiger partial charge in [0.15, 0.2) is 5.82 Å². The molecule has 8 nitrogen and oxygen atoms in total. The van der Waals surface area contributed by atoms with Crippen molar-refractivity contribution in [3.8, 4) is 22.8 Å². The van der Waals surface area contributed by atoms with Crippen LogP contribution in [0.4, 0.5) is 23.7 Å². The van der Waals surface area contributed by atoms with Crippen LogP contribution in [0.1, 0.15) is 37.8 Å². The number of rotatable bonds is 7. The molecule has 0 saturated heterocycles. The van der Waals surface area contributed by atoms with Gasteiger partial charge >= 0.3 is 12.5 Å². The van der Waals surface area contributed by atoms with Crippen LogP contribution in [0, 0.1) is 0 Å². The highest BCUT2D eigenvalue weighted by Crippen LogP contribution is 2.25. The van der Waals surface area contributed by atoms with Gasteiger partial charge in [-0.05, 0) is 54.3 Å². The molecular formula is C27H24F3N5O3. The van der Waals surface area contributed by atoms with Gasteiger partial charge in [0.05, 0.1) is 11.4 Å². The Hall–Kier alpha value is -4.67. The van der Waals surface area contributed by atoms with Gasteiger partial charge in [-0.25, -0.2) is 14.5 Å². The van der Waals surface area contributed by atoms with E-state index in [0.29, 0.717) is 28.5 Å². The van der Waals surface area contributed by atoms with E-state index < -0.39 is 12.5 Å². The summed E-state index contributed by atoms with van der Waals surface area (Å²) >= 11 is 0. The molecule has 4 aromatic rings. The Labute approximate surface area is 216 Å². The molecule has 0 atom stereocenters. The first-order chi connectivity index (χ1) is 18.1. The summed E-state index contributed by atoms with van der Waals surface area (Å²) in [7, 11) is 0. The smallest absolute Gasteiger partial charge is 0.406 e. The van der Waals surface area contributed by atoms with E-state index in [9.17, 15) is 18.0 Å². The Morgan fingerprint density at radius 3 is 2.34 bits per heavy atom. The molecule has 0 fully saturated rings. The average Bonchev–Trinajstić information content (AvgIpc) is 3.37. The van der Waals surface area contributed by atoms with Crippen LogP contribution >= 0.6 is 0 Å². The summed E-state index contributed by atoms with van der Waals surface area (Å²) in [6.07, 6.45) is -3.99. The van der Waals surface area contributed by atoms with Crippen molar-refractivity contribution in [3.63, 3.8) is 0 Å². The number of alkyl halides is 3. The molecule has 0 aliphatic rings. The molecule has 196 valence electrons. The second-order valence-corrected chi connectivity index (χ2v) is 8.55. The fourth-order valence-corrected chi connectivity index (χ4v) is 3.59. The van der Waals surface area contributed by atoms with Gasteiger partial charge in [-0.15, -0.1) is 18.3 Å². The molecule has 1 aromatic heterocycles. The van der Waals surface area contributed by atoms with Crippen LogP contribution in [0.2, 0.25) is 0 Å². The van der Waals surface area contributed by atoms with Gasteiger partial charge in [-0.2, -0.15) is 0 Å². The molecule has 1 amide bonds. The van der Waals surface area contributed by atoms with Crippen LogP contribution in [0.25, 0.3) is 17.1 Å². The van der Waals surface area contributed by atoms with Crippen molar-refractivity contribution >= 4 is 17.5 Å². The normalized spacial score (nSPS) is 11.9. The van der Waals surface area contributed by atoms with Crippen LogP contribution in [0.3, 0.4) is 0 Å². The van der Waals surface area contributed by atoms with Crippen molar-refractivity contribution in [1.29, 1.82) is 0 Å². The van der Waals surface area contributed by atoms with E-state index >= 15 is 0 Å². The minimum Gasteiger partial charge on any atom is -0.406 e. The molecule has 1 N–H and O–H groups in total. The van der Waals surface area contributed by atoms with Crippen molar-refractivity contribution in [2.75, 3.05) is 5.32 Å². The van der Waals surface area contributed by atoms with E-state index in [0.717, 1.165) is 11.1 Å². The molecule has 11 heteroatoms. The fourth-order valence-electron chi connectivity index (χ4n) is 3.59. The number of hydrogen-bond donors (Lipinski definition) is 1. The predicted octanol–water partition coefficient (Wildman–Crippen LogP) is 6.93. The van der Waals surface area contributed by atoms with Crippen molar-refractivity contribution in [1.82, 2.24) is 14.8 Å².